The van der Waals surface area contributed by atoms with Crippen molar-refractivity contribution >= 4 is 65.3 Å². The minimum atomic E-state index is 0.862. The summed E-state index contributed by atoms with van der Waals surface area (Å²) in [5.41, 5.74) is 7.85. The third-order valence-corrected chi connectivity index (χ3v) is 8.26. The molecule has 0 N–H and O–H groups in total. The first kappa shape index (κ1) is 22.3. The summed E-state index contributed by atoms with van der Waals surface area (Å²) in [5, 5.41) is 9.31. The zero-order chi connectivity index (χ0) is 26.9. The van der Waals surface area contributed by atoms with Crippen molar-refractivity contribution in [3.05, 3.63) is 134 Å². The first-order valence-electron chi connectivity index (χ1n) is 13.8. The second-order valence-electron chi connectivity index (χ2n) is 10.6. The molecule has 0 spiro atoms. The van der Waals surface area contributed by atoms with Gasteiger partial charge in [0.1, 0.15) is 11.2 Å². The lowest BCUT2D eigenvalue weighted by molar-refractivity contribution is 0.669. The molecule has 0 aliphatic carbocycles. The largest absolute Gasteiger partial charge is 0.456 e. The summed E-state index contributed by atoms with van der Waals surface area (Å²) >= 11 is 0. The van der Waals surface area contributed by atoms with Gasteiger partial charge in [0.15, 0.2) is 0 Å². The van der Waals surface area contributed by atoms with Gasteiger partial charge in [-0.05, 0) is 63.0 Å². The highest BCUT2D eigenvalue weighted by atomic mass is 16.3. The van der Waals surface area contributed by atoms with E-state index < -0.39 is 0 Å². The molecule has 2 heterocycles. The molecule has 0 atom stereocenters. The van der Waals surface area contributed by atoms with Crippen molar-refractivity contribution in [1.82, 2.24) is 9.97 Å². The van der Waals surface area contributed by atoms with Gasteiger partial charge in [0.25, 0.3) is 0 Å². The lowest BCUT2D eigenvalue weighted by Crippen LogP contribution is -1.92. The fraction of sp³-hybridized carbons (Fsp3) is 0. The zero-order valence-corrected chi connectivity index (χ0v) is 22.0. The summed E-state index contributed by atoms with van der Waals surface area (Å²) in [4.78, 5) is 10.1. The maximum atomic E-state index is 6.23. The Morgan fingerprint density at radius 2 is 1.05 bits per heavy atom. The normalized spacial score (nSPS) is 11.9. The van der Waals surface area contributed by atoms with E-state index in [-0.39, 0.29) is 0 Å². The number of fused-ring (bicyclic) bond motifs is 10. The molecule has 9 aromatic rings. The smallest absolute Gasteiger partial charge is 0.136 e. The van der Waals surface area contributed by atoms with Crippen molar-refractivity contribution in [3.63, 3.8) is 0 Å². The van der Waals surface area contributed by atoms with Gasteiger partial charge in [0.2, 0.25) is 0 Å². The minimum absolute atomic E-state index is 0.862. The molecular weight excluding hydrogens is 500 g/mol. The lowest BCUT2D eigenvalue weighted by Gasteiger charge is -2.11. The van der Waals surface area contributed by atoms with Gasteiger partial charge >= 0.3 is 0 Å². The van der Waals surface area contributed by atoms with Crippen molar-refractivity contribution in [1.29, 1.82) is 0 Å². The number of nitrogens with zero attached hydrogens (tertiary/aromatic N) is 2. The molecule has 0 bridgehead atoms. The Kier molecular flexibility index (Phi) is 4.61. The Labute approximate surface area is 235 Å². The first-order valence-corrected chi connectivity index (χ1v) is 13.8. The summed E-state index contributed by atoms with van der Waals surface area (Å²) in [6, 6.07) is 44.7. The monoisotopic (exact) mass is 522 g/mol. The van der Waals surface area contributed by atoms with E-state index in [9.17, 15) is 0 Å². The Balaban J connectivity index is 1.20. The van der Waals surface area contributed by atoms with Crippen LogP contribution >= 0.6 is 0 Å². The average Bonchev–Trinajstić information content (AvgIpc) is 3.40. The fourth-order valence-corrected chi connectivity index (χ4v) is 6.26. The number of benzene rings is 7. The molecule has 41 heavy (non-hydrogen) atoms. The predicted molar refractivity (Wildman–Crippen MR) is 170 cm³/mol. The molecule has 0 radical (unpaired) electrons. The molecule has 0 saturated carbocycles. The van der Waals surface area contributed by atoms with E-state index >= 15 is 0 Å². The van der Waals surface area contributed by atoms with Gasteiger partial charge in [-0.25, -0.2) is 4.98 Å². The second-order valence-corrected chi connectivity index (χ2v) is 10.6. The third kappa shape index (κ3) is 3.39. The fourth-order valence-electron chi connectivity index (χ4n) is 6.26. The maximum absolute atomic E-state index is 6.23. The maximum Gasteiger partial charge on any atom is 0.136 e. The molecule has 3 nitrogen and oxygen atoms in total. The van der Waals surface area contributed by atoms with Crippen LogP contribution in [0.25, 0.3) is 87.7 Å². The molecule has 0 unspecified atom stereocenters. The van der Waals surface area contributed by atoms with Crippen LogP contribution in [-0.4, -0.2) is 9.97 Å². The first-order chi connectivity index (χ1) is 20.3. The van der Waals surface area contributed by atoms with Crippen LogP contribution in [0.1, 0.15) is 0 Å². The van der Waals surface area contributed by atoms with Crippen LogP contribution in [0, 0.1) is 0 Å². The van der Waals surface area contributed by atoms with Gasteiger partial charge in [-0.15, -0.1) is 0 Å². The molecule has 0 saturated heterocycles. The highest BCUT2D eigenvalue weighted by Crippen LogP contribution is 2.37. The highest BCUT2D eigenvalue weighted by molar-refractivity contribution is 6.23. The quantitative estimate of drug-likeness (QED) is 0.212. The molecular formula is C38H22N2O. The second kappa shape index (κ2) is 8.48. The van der Waals surface area contributed by atoms with Crippen molar-refractivity contribution in [2.45, 2.75) is 0 Å². The highest BCUT2D eigenvalue weighted by Gasteiger charge is 2.14. The molecule has 0 amide bonds. The van der Waals surface area contributed by atoms with Gasteiger partial charge in [-0.3, -0.25) is 4.98 Å². The van der Waals surface area contributed by atoms with E-state index in [2.05, 4.69) is 127 Å². The van der Waals surface area contributed by atoms with Crippen LogP contribution in [-0.2, 0) is 0 Å². The van der Waals surface area contributed by atoms with Gasteiger partial charge < -0.3 is 4.42 Å². The van der Waals surface area contributed by atoms with E-state index in [0.29, 0.717) is 0 Å². The number of hydrogen-bond donors (Lipinski definition) is 0. The van der Waals surface area contributed by atoms with Crippen molar-refractivity contribution < 1.29 is 4.42 Å². The molecule has 0 fully saturated rings. The summed E-state index contributed by atoms with van der Waals surface area (Å²) < 4.78 is 6.23. The van der Waals surface area contributed by atoms with Crippen molar-refractivity contribution in [3.8, 4) is 22.4 Å². The van der Waals surface area contributed by atoms with Gasteiger partial charge in [0, 0.05) is 27.1 Å². The van der Waals surface area contributed by atoms with Crippen LogP contribution in [0.5, 0.6) is 0 Å². The Morgan fingerprint density at radius 3 is 1.85 bits per heavy atom. The Morgan fingerprint density at radius 1 is 0.415 bits per heavy atom. The number of rotatable bonds is 2. The lowest BCUT2D eigenvalue weighted by atomic mass is 9.98. The minimum Gasteiger partial charge on any atom is -0.456 e. The summed E-state index contributed by atoms with van der Waals surface area (Å²) in [7, 11) is 0. The van der Waals surface area contributed by atoms with E-state index in [1.165, 1.54) is 21.5 Å². The molecule has 7 aromatic carbocycles. The third-order valence-electron chi connectivity index (χ3n) is 8.26. The summed E-state index contributed by atoms with van der Waals surface area (Å²) in [6.45, 7) is 0. The van der Waals surface area contributed by atoms with E-state index in [1.807, 2.05) is 6.20 Å². The van der Waals surface area contributed by atoms with Crippen LogP contribution in [0.3, 0.4) is 0 Å². The van der Waals surface area contributed by atoms with Crippen LogP contribution < -0.4 is 0 Å². The van der Waals surface area contributed by atoms with Crippen LogP contribution in [0.4, 0.5) is 0 Å². The number of aromatic nitrogens is 2. The summed E-state index contributed by atoms with van der Waals surface area (Å²) in [6.07, 6.45) is 1.90. The van der Waals surface area contributed by atoms with Crippen molar-refractivity contribution in [2.75, 3.05) is 0 Å². The molecule has 3 heteroatoms. The number of furan rings is 1. The van der Waals surface area contributed by atoms with E-state index in [1.54, 1.807) is 0 Å². The van der Waals surface area contributed by atoms with Gasteiger partial charge in [-0.1, -0.05) is 97.1 Å². The standard InChI is InChI=1S/C38H22N2O/c1-2-9-25-21-36-33(19-24(25)8-1)32-20-26(16-17-35(32)41-36)23-10-7-11-27(18-23)34-22-39-37-30-14-5-3-12-28(30)29-13-4-6-15-31(29)38(37)40-34/h1-22H. The SMILES string of the molecule is c1cc(-c2ccc3oc4cc5ccccc5cc4c3c2)cc(-c2cnc3c4ccccc4c4ccccc4c3n2)c1. The van der Waals surface area contributed by atoms with E-state index in [0.717, 1.165) is 66.1 Å². The Bertz CT molecular complexity index is 2450. The molecule has 2 aromatic heterocycles. The van der Waals surface area contributed by atoms with Gasteiger partial charge in [0.05, 0.1) is 22.9 Å². The summed E-state index contributed by atoms with van der Waals surface area (Å²) in [5.74, 6) is 0. The zero-order valence-electron chi connectivity index (χ0n) is 22.0. The molecule has 0 aliphatic heterocycles. The van der Waals surface area contributed by atoms with Gasteiger partial charge in [-0.2, -0.15) is 0 Å². The molecule has 190 valence electrons. The average molecular weight is 523 g/mol. The van der Waals surface area contributed by atoms with Crippen LogP contribution in [0.2, 0.25) is 0 Å². The van der Waals surface area contributed by atoms with Crippen LogP contribution in [0.15, 0.2) is 138 Å². The van der Waals surface area contributed by atoms with E-state index in [4.69, 9.17) is 14.4 Å². The topological polar surface area (TPSA) is 38.9 Å². The number of hydrogen-bond acceptors (Lipinski definition) is 3. The Hall–Kier alpha value is -5.54. The molecule has 0 aliphatic rings. The van der Waals surface area contributed by atoms with Crippen molar-refractivity contribution in [2.24, 2.45) is 0 Å². The predicted octanol–water partition coefficient (Wildman–Crippen LogP) is 10.3. The molecule has 9 rings (SSSR count).